The highest BCUT2D eigenvalue weighted by Crippen LogP contribution is 2.28. The summed E-state index contributed by atoms with van der Waals surface area (Å²) in [5.41, 5.74) is 1.72. The number of carbonyl (C=O) groups excluding carboxylic acids is 1. The van der Waals surface area contributed by atoms with Crippen LogP contribution in [-0.4, -0.2) is 42.4 Å². The van der Waals surface area contributed by atoms with Crippen molar-refractivity contribution in [1.82, 2.24) is 10.2 Å². The molecule has 2 aromatic carbocycles. The van der Waals surface area contributed by atoms with Gasteiger partial charge in [-0.2, -0.15) is 0 Å². The molecule has 3 heterocycles. The zero-order chi connectivity index (χ0) is 23.7. The van der Waals surface area contributed by atoms with E-state index >= 15 is 0 Å². The summed E-state index contributed by atoms with van der Waals surface area (Å²) >= 11 is 6.77. The van der Waals surface area contributed by atoms with Crippen LogP contribution in [0.4, 0.5) is 11.5 Å². The van der Waals surface area contributed by atoms with E-state index in [1.165, 1.54) is 6.07 Å². The second kappa shape index (κ2) is 9.65. The number of nitrogens with one attached hydrogen (secondary N) is 1. The molecule has 5 rings (SSSR count). The monoisotopic (exact) mass is 584 g/mol. The van der Waals surface area contributed by atoms with Crippen molar-refractivity contribution in [2.45, 2.75) is 0 Å². The van der Waals surface area contributed by atoms with E-state index in [0.717, 1.165) is 34.6 Å². The van der Waals surface area contributed by atoms with Gasteiger partial charge in [0.1, 0.15) is 5.56 Å². The van der Waals surface area contributed by atoms with Crippen LogP contribution in [0.1, 0.15) is 10.4 Å². The molecule has 1 amide bonds. The number of anilines is 2. The predicted molar refractivity (Wildman–Crippen MR) is 136 cm³/mol. The molecule has 34 heavy (non-hydrogen) atoms. The lowest BCUT2D eigenvalue weighted by atomic mass is 10.1. The number of nitrogens with zero attached hydrogens (tertiary/aromatic N) is 3. The summed E-state index contributed by atoms with van der Waals surface area (Å²) < 4.78 is 12.1. The van der Waals surface area contributed by atoms with Crippen molar-refractivity contribution >= 4 is 60.2 Å². The summed E-state index contributed by atoms with van der Waals surface area (Å²) in [6, 6.07) is 16.1. The van der Waals surface area contributed by atoms with Crippen molar-refractivity contribution in [1.29, 1.82) is 0 Å². The number of amides is 1. The molecule has 1 fully saturated rings. The fraction of sp³-hybridized carbons (Fsp3) is 0.167. The summed E-state index contributed by atoms with van der Waals surface area (Å²) in [6.07, 6.45) is 0. The highest BCUT2D eigenvalue weighted by Gasteiger charge is 2.16. The number of aromatic nitrogens is 2. The lowest BCUT2D eigenvalue weighted by Crippen LogP contribution is -2.36. The minimum Gasteiger partial charge on any atom is -0.421 e. The van der Waals surface area contributed by atoms with E-state index in [2.05, 4.69) is 52.3 Å². The molecule has 2 aromatic heterocycles. The van der Waals surface area contributed by atoms with Crippen molar-refractivity contribution in [2.75, 3.05) is 36.5 Å². The van der Waals surface area contributed by atoms with E-state index in [1.54, 1.807) is 24.3 Å². The first kappa shape index (κ1) is 22.7. The Labute approximate surface area is 211 Å². The standard InChI is InChI=1S/C24H18Br2N4O4/c25-16-11-15-12-18(24(32)34-22(15)19(26)13-16)23(31)27-17-3-1-14(2-4-17)20-5-6-21(29-28-20)30-7-9-33-10-8-30/h1-6,11-13H,7-10H2,(H,27,31). The van der Waals surface area contributed by atoms with Gasteiger partial charge in [0.15, 0.2) is 11.4 Å². The Morgan fingerprint density at radius 2 is 1.74 bits per heavy atom. The van der Waals surface area contributed by atoms with E-state index in [9.17, 15) is 9.59 Å². The molecule has 1 aliphatic rings. The smallest absolute Gasteiger partial charge is 0.349 e. The maximum atomic E-state index is 12.8. The fourth-order valence-electron chi connectivity index (χ4n) is 3.68. The van der Waals surface area contributed by atoms with Gasteiger partial charge in [0, 0.05) is 34.2 Å². The first-order chi connectivity index (χ1) is 16.5. The van der Waals surface area contributed by atoms with Gasteiger partial charge in [-0.3, -0.25) is 4.79 Å². The van der Waals surface area contributed by atoms with Gasteiger partial charge < -0.3 is 19.4 Å². The number of benzene rings is 2. The van der Waals surface area contributed by atoms with Gasteiger partial charge >= 0.3 is 5.63 Å². The normalized spacial score (nSPS) is 13.8. The second-order valence-electron chi connectivity index (χ2n) is 7.66. The van der Waals surface area contributed by atoms with Gasteiger partial charge in [0.05, 0.1) is 23.4 Å². The van der Waals surface area contributed by atoms with Crippen LogP contribution >= 0.6 is 31.9 Å². The van der Waals surface area contributed by atoms with Gasteiger partial charge in [-0.25, -0.2) is 4.79 Å². The lowest BCUT2D eigenvalue weighted by molar-refractivity contribution is 0.102. The van der Waals surface area contributed by atoms with E-state index in [-0.39, 0.29) is 5.56 Å². The predicted octanol–water partition coefficient (Wildman–Crippen LogP) is 4.86. The molecular formula is C24H18Br2N4O4. The Morgan fingerprint density at radius 3 is 2.44 bits per heavy atom. The molecule has 0 radical (unpaired) electrons. The molecule has 0 atom stereocenters. The third-order valence-electron chi connectivity index (χ3n) is 5.42. The summed E-state index contributed by atoms with van der Waals surface area (Å²) in [5, 5.41) is 12.0. The van der Waals surface area contributed by atoms with Crippen LogP contribution in [0, 0.1) is 0 Å². The molecule has 4 aromatic rings. The first-order valence-electron chi connectivity index (χ1n) is 10.5. The highest BCUT2D eigenvalue weighted by atomic mass is 79.9. The van der Waals surface area contributed by atoms with Crippen molar-refractivity contribution in [3.05, 3.63) is 79.5 Å². The average Bonchev–Trinajstić information content (AvgIpc) is 2.85. The van der Waals surface area contributed by atoms with Gasteiger partial charge in [-0.1, -0.05) is 28.1 Å². The van der Waals surface area contributed by atoms with Crippen molar-refractivity contribution in [2.24, 2.45) is 0 Å². The Balaban J connectivity index is 1.32. The number of hydrogen-bond donors (Lipinski definition) is 1. The molecule has 0 spiro atoms. The number of carbonyl (C=O) groups is 1. The maximum absolute atomic E-state index is 12.8. The average molecular weight is 586 g/mol. The Morgan fingerprint density at radius 1 is 0.971 bits per heavy atom. The topological polar surface area (TPSA) is 97.6 Å². The molecule has 8 nitrogen and oxygen atoms in total. The van der Waals surface area contributed by atoms with Gasteiger partial charge in [-0.05, 0) is 58.4 Å². The SMILES string of the molecule is O=C(Nc1ccc(-c2ccc(N3CCOCC3)nn2)cc1)c1cc2cc(Br)cc(Br)c2oc1=O. The van der Waals surface area contributed by atoms with E-state index < -0.39 is 11.5 Å². The van der Waals surface area contributed by atoms with E-state index in [1.807, 2.05) is 24.3 Å². The molecule has 0 unspecified atom stereocenters. The van der Waals surface area contributed by atoms with Gasteiger partial charge in [0.2, 0.25) is 0 Å². The van der Waals surface area contributed by atoms with Crippen LogP contribution in [0.5, 0.6) is 0 Å². The van der Waals surface area contributed by atoms with Crippen LogP contribution in [-0.2, 0) is 4.74 Å². The Kier molecular flexibility index (Phi) is 6.44. The minimum absolute atomic E-state index is 0.0776. The minimum atomic E-state index is -0.708. The van der Waals surface area contributed by atoms with Crippen molar-refractivity contribution in [3.8, 4) is 11.3 Å². The summed E-state index contributed by atoms with van der Waals surface area (Å²) in [6.45, 7) is 2.97. The summed E-state index contributed by atoms with van der Waals surface area (Å²) in [5.74, 6) is 0.276. The van der Waals surface area contributed by atoms with Crippen molar-refractivity contribution in [3.63, 3.8) is 0 Å². The molecule has 172 valence electrons. The first-order valence-corrected chi connectivity index (χ1v) is 12.1. The molecular weight excluding hydrogens is 568 g/mol. The maximum Gasteiger partial charge on any atom is 0.349 e. The zero-order valence-electron chi connectivity index (χ0n) is 17.8. The molecule has 0 aliphatic carbocycles. The number of halogens is 2. The van der Waals surface area contributed by atoms with Crippen LogP contribution in [0.2, 0.25) is 0 Å². The summed E-state index contributed by atoms with van der Waals surface area (Å²) in [7, 11) is 0. The Bertz CT molecular complexity index is 1420. The van der Waals surface area contributed by atoms with Crippen molar-refractivity contribution < 1.29 is 13.9 Å². The largest absolute Gasteiger partial charge is 0.421 e. The Hall–Kier alpha value is -3.08. The lowest BCUT2D eigenvalue weighted by Gasteiger charge is -2.27. The number of ether oxygens (including phenoxy) is 1. The second-order valence-corrected chi connectivity index (χ2v) is 9.43. The van der Waals surface area contributed by atoms with E-state index in [0.29, 0.717) is 34.3 Å². The zero-order valence-corrected chi connectivity index (χ0v) is 20.9. The number of fused-ring (bicyclic) bond motifs is 1. The van der Waals surface area contributed by atoms with Gasteiger partial charge in [0.25, 0.3) is 5.91 Å². The van der Waals surface area contributed by atoms with E-state index in [4.69, 9.17) is 9.15 Å². The van der Waals surface area contributed by atoms with Crippen LogP contribution in [0.3, 0.4) is 0 Å². The highest BCUT2D eigenvalue weighted by molar-refractivity contribution is 9.11. The third kappa shape index (κ3) is 4.75. The molecule has 0 saturated carbocycles. The quantitative estimate of drug-likeness (QED) is 0.341. The van der Waals surface area contributed by atoms with Crippen LogP contribution in [0.25, 0.3) is 22.2 Å². The molecule has 0 bridgehead atoms. The number of morpholine rings is 1. The van der Waals surface area contributed by atoms with Crippen LogP contribution in [0.15, 0.2) is 72.8 Å². The third-order valence-corrected chi connectivity index (χ3v) is 6.47. The van der Waals surface area contributed by atoms with Crippen LogP contribution < -0.4 is 15.8 Å². The number of hydrogen-bond acceptors (Lipinski definition) is 7. The fourth-order valence-corrected chi connectivity index (χ4v) is 5.02. The molecule has 1 aliphatic heterocycles. The number of rotatable bonds is 4. The molecule has 10 heteroatoms. The van der Waals surface area contributed by atoms with Gasteiger partial charge in [-0.15, -0.1) is 10.2 Å². The molecule has 1 saturated heterocycles. The summed E-state index contributed by atoms with van der Waals surface area (Å²) in [4.78, 5) is 27.3. The molecule has 1 N–H and O–H groups in total.